The smallest absolute Gasteiger partial charge is 0.277 e. The first-order valence-corrected chi connectivity index (χ1v) is 10.2. The highest BCUT2D eigenvalue weighted by Crippen LogP contribution is 2.40. The van der Waals surface area contributed by atoms with Crippen LogP contribution in [0.3, 0.4) is 0 Å². The van der Waals surface area contributed by atoms with E-state index in [9.17, 15) is 5.26 Å². The van der Waals surface area contributed by atoms with E-state index in [1.165, 1.54) is 10.8 Å². The van der Waals surface area contributed by atoms with E-state index >= 15 is 0 Å². The van der Waals surface area contributed by atoms with E-state index in [1.807, 2.05) is 24.3 Å². The van der Waals surface area contributed by atoms with Crippen molar-refractivity contribution in [1.82, 2.24) is 9.97 Å². The topological polar surface area (TPSA) is 53.9 Å². The molecule has 4 heteroatoms. The SMILES string of the molecule is [C-]#[N+]c1ncccc1-c1cc2ccc3cc(-c4cccnc4C#N)cc4ccc(c1)c2c34. The first kappa shape index (κ1) is 18.0. The zero-order chi connectivity index (χ0) is 21.7. The number of nitriles is 1. The average molecular weight is 406 g/mol. The van der Waals surface area contributed by atoms with Crippen molar-refractivity contribution in [2.24, 2.45) is 0 Å². The number of hydrogen-bond donors (Lipinski definition) is 0. The molecule has 6 rings (SSSR count). The summed E-state index contributed by atoms with van der Waals surface area (Å²) in [6.45, 7) is 7.46. The van der Waals surface area contributed by atoms with Gasteiger partial charge in [0.1, 0.15) is 18.0 Å². The molecule has 0 spiro atoms. The number of rotatable bonds is 2. The number of hydrogen-bond acceptors (Lipinski definition) is 3. The van der Waals surface area contributed by atoms with Gasteiger partial charge in [0.25, 0.3) is 5.82 Å². The van der Waals surface area contributed by atoms with Crippen LogP contribution in [0.1, 0.15) is 5.69 Å². The Balaban J connectivity index is 1.63. The normalized spacial score (nSPS) is 11.1. The lowest BCUT2D eigenvalue weighted by Crippen LogP contribution is -1.90. The Morgan fingerprint density at radius 1 is 0.688 bits per heavy atom. The van der Waals surface area contributed by atoms with Crippen LogP contribution in [0.2, 0.25) is 0 Å². The second kappa shape index (κ2) is 6.87. The van der Waals surface area contributed by atoms with E-state index in [0.29, 0.717) is 11.5 Å². The van der Waals surface area contributed by atoms with Crippen molar-refractivity contribution in [2.45, 2.75) is 0 Å². The lowest BCUT2D eigenvalue weighted by Gasteiger charge is -2.15. The number of benzene rings is 4. The van der Waals surface area contributed by atoms with Gasteiger partial charge in [0, 0.05) is 17.3 Å². The molecular weight excluding hydrogens is 392 g/mol. The Morgan fingerprint density at radius 2 is 1.19 bits per heavy atom. The molecule has 146 valence electrons. The van der Waals surface area contributed by atoms with Gasteiger partial charge in [0.2, 0.25) is 0 Å². The third kappa shape index (κ3) is 2.61. The van der Waals surface area contributed by atoms with Gasteiger partial charge in [0.15, 0.2) is 0 Å². The van der Waals surface area contributed by atoms with E-state index in [-0.39, 0.29) is 0 Å². The summed E-state index contributed by atoms with van der Waals surface area (Å²) in [5.74, 6) is 0.412. The van der Waals surface area contributed by atoms with Crippen LogP contribution < -0.4 is 0 Å². The highest BCUT2D eigenvalue weighted by Gasteiger charge is 2.14. The van der Waals surface area contributed by atoms with Crippen LogP contribution in [0.4, 0.5) is 5.82 Å². The van der Waals surface area contributed by atoms with Crippen LogP contribution in [-0.2, 0) is 0 Å². The first-order chi connectivity index (χ1) is 15.8. The van der Waals surface area contributed by atoms with Crippen LogP contribution in [0.5, 0.6) is 0 Å². The van der Waals surface area contributed by atoms with Gasteiger partial charge in [-0.1, -0.05) is 36.9 Å². The fourth-order valence-corrected chi connectivity index (χ4v) is 4.59. The largest absolute Gasteiger partial charge is 0.360 e. The van der Waals surface area contributed by atoms with Crippen molar-refractivity contribution in [1.29, 1.82) is 5.26 Å². The highest BCUT2D eigenvalue weighted by molar-refractivity contribution is 6.24. The highest BCUT2D eigenvalue weighted by atomic mass is 14.9. The summed E-state index contributed by atoms with van der Waals surface area (Å²) in [6.07, 6.45) is 3.30. The van der Waals surface area contributed by atoms with Crippen molar-refractivity contribution in [3.05, 3.63) is 102 Å². The summed E-state index contributed by atoms with van der Waals surface area (Å²) in [5, 5.41) is 16.4. The Labute approximate surface area is 184 Å². The van der Waals surface area contributed by atoms with Crippen molar-refractivity contribution < 1.29 is 0 Å². The minimum atomic E-state index is 0.412. The zero-order valence-corrected chi connectivity index (χ0v) is 16.9. The Hall–Kier alpha value is -4.80. The van der Waals surface area contributed by atoms with Crippen molar-refractivity contribution in [3.63, 3.8) is 0 Å². The summed E-state index contributed by atoms with van der Waals surface area (Å²) >= 11 is 0. The molecule has 0 saturated heterocycles. The van der Waals surface area contributed by atoms with Crippen molar-refractivity contribution in [3.8, 4) is 28.3 Å². The van der Waals surface area contributed by atoms with Gasteiger partial charge in [-0.3, -0.25) is 0 Å². The van der Waals surface area contributed by atoms with Crippen LogP contribution in [-0.4, -0.2) is 9.97 Å². The van der Waals surface area contributed by atoms with Crippen molar-refractivity contribution >= 4 is 38.1 Å². The quantitative estimate of drug-likeness (QED) is 0.227. The Morgan fingerprint density at radius 3 is 1.72 bits per heavy atom. The molecule has 0 atom stereocenters. The molecule has 2 heterocycles. The summed E-state index contributed by atoms with van der Waals surface area (Å²) in [6, 6.07) is 26.8. The minimum absolute atomic E-state index is 0.412. The fourth-order valence-electron chi connectivity index (χ4n) is 4.59. The maximum atomic E-state index is 9.48. The molecule has 0 aliphatic carbocycles. The van der Waals surface area contributed by atoms with Gasteiger partial charge in [-0.05, 0) is 85.9 Å². The molecule has 0 amide bonds. The van der Waals surface area contributed by atoms with Crippen LogP contribution in [0, 0.1) is 17.9 Å². The molecule has 6 aromatic rings. The molecule has 0 aliphatic rings. The third-order valence-corrected chi connectivity index (χ3v) is 5.96. The molecule has 0 aliphatic heterocycles. The maximum absolute atomic E-state index is 9.48. The number of nitrogens with zero attached hydrogens (tertiary/aromatic N) is 4. The molecule has 32 heavy (non-hydrogen) atoms. The van der Waals surface area contributed by atoms with Crippen LogP contribution in [0.25, 0.3) is 59.4 Å². The first-order valence-electron chi connectivity index (χ1n) is 10.2. The molecule has 0 unspecified atom stereocenters. The third-order valence-electron chi connectivity index (χ3n) is 5.96. The predicted molar refractivity (Wildman–Crippen MR) is 128 cm³/mol. The summed E-state index contributed by atoms with van der Waals surface area (Å²) in [5.41, 5.74) is 4.09. The standard InChI is InChI=1S/C28H14N4/c1-30-28-24(5-3-11-32-28)22-14-19-8-6-17-12-21(23-4-2-10-31-25(23)16-29)13-18-7-9-20(15-22)27(19)26(17)18/h2-15H. The van der Waals surface area contributed by atoms with E-state index in [1.54, 1.807) is 12.4 Å². The van der Waals surface area contributed by atoms with Gasteiger partial charge in [-0.2, -0.15) is 5.26 Å². The van der Waals surface area contributed by atoms with Gasteiger partial charge >= 0.3 is 0 Å². The van der Waals surface area contributed by atoms with Crippen molar-refractivity contribution in [2.75, 3.05) is 0 Å². The molecular formula is C28H14N4. The van der Waals surface area contributed by atoms with E-state index < -0.39 is 0 Å². The number of pyridine rings is 2. The summed E-state index contributed by atoms with van der Waals surface area (Å²) in [4.78, 5) is 12.0. The average Bonchev–Trinajstić information content (AvgIpc) is 2.86. The van der Waals surface area contributed by atoms with E-state index in [0.717, 1.165) is 43.8 Å². The van der Waals surface area contributed by atoms with Gasteiger partial charge in [-0.25, -0.2) is 4.98 Å². The molecule has 2 aromatic heterocycles. The zero-order valence-electron chi connectivity index (χ0n) is 16.9. The van der Waals surface area contributed by atoms with Gasteiger partial charge in [-0.15, -0.1) is 4.98 Å². The predicted octanol–water partition coefficient (Wildman–Crippen LogP) is 7.13. The van der Waals surface area contributed by atoms with E-state index in [2.05, 4.69) is 69.4 Å². The monoisotopic (exact) mass is 406 g/mol. The summed E-state index contributed by atoms with van der Waals surface area (Å²) < 4.78 is 0. The molecule has 0 saturated carbocycles. The molecule has 0 fully saturated rings. The van der Waals surface area contributed by atoms with Crippen LogP contribution in [0.15, 0.2) is 85.2 Å². The Kier molecular flexibility index (Phi) is 3.87. The fraction of sp³-hybridized carbons (Fsp3) is 0. The lowest BCUT2D eigenvalue weighted by molar-refractivity contribution is 1.27. The lowest BCUT2D eigenvalue weighted by atomic mass is 9.89. The second-order valence-electron chi connectivity index (χ2n) is 7.72. The van der Waals surface area contributed by atoms with Crippen LogP contribution >= 0.6 is 0 Å². The summed E-state index contributed by atoms with van der Waals surface area (Å²) in [7, 11) is 0. The van der Waals surface area contributed by atoms with Gasteiger partial charge in [0.05, 0.1) is 0 Å². The molecule has 4 aromatic carbocycles. The number of aromatic nitrogens is 2. The minimum Gasteiger partial charge on any atom is -0.360 e. The molecule has 0 radical (unpaired) electrons. The Bertz CT molecular complexity index is 1560. The van der Waals surface area contributed by atoms with E-state index in [4.69, 9.17) is 6.57 Å². The molecule has 0 N–H and O–H groups in total. The second-order valence-corrected chi connectivity index (χ2v) is 7.72. The van der Waals surface area contributed by atoms with Gasteiger partial charge < -0.3 is 4.85 Å². The maximum Gasteiger partial charge on any atom is 0.277 e. The molecule has 4 nitrogen and oxygen atoms in total. The molecule has 0 bridgehead atoms.